The predicted molar refractivity (Wildman–Crippen MR) is 73.6 cm³/mol. The van der Waals surface area contributed by atoms with Crippen LogP contribution >= 0.6 is 37.2 Å². The zero-order valence-corrected chi connectivity index (χ0v) is 11.1. The second kappa shape index (κ2) is 8.98. The van der Waals surface area contributed by atoms with Crippen molar-refractivity contribution in [3.05, 3.63) is 58.5 Å². The summed E-state index contributed by atoms with van der Waals surface area (Å²) in [4.78, 5) is 21.8. The van der Waals surface area contributed by atoms with Gasteiger partial charge in [0.1, 0.15) is 5.82 Å². The molecule has 0 saturated carbocycles. The van der Waals surface area contributed by atoms with Gasteiger partial charge in [-0.25, -0.2) is 4.98 Å². The van der Waals surface area contributed by atoms with Gasteiger partial charge in [-0.3, -0.25) is 9.78 Å². The summed E-state index contributed by atoms with van der Waals surface area (Å²) >= 11 is 0. The molecule has 0 aliphatic rings. The number of pyridine rings is 1. The van der Waals surface area contributed by atoms with E-state index in [2.05, 4.69) is 15.0 Å². The molecule has 0 aliphatic heterocycles. The number of aromatic nitrogens is 3. The van der Waals surface area contributed by atoms with E-state index < -0.39 is 0 Å². The third kappa shape index (κ3) is 5.68. The maximum Gasteiger partial charge on any atom is 0.250 e. The Bertz CT molecular complexity index is 475. The highest BCUT2D eigenvalue weighted by atomic mass is 35.5. The van der Waals surface area contributed by atoms with Crippen LogP contribution in [-0.2, 0) is 6.42 Å². The number of nitrogens with zero attached hydrogens (tertiary/aromatic N) is 2. The summed E-state index contributed by atoms with van der Waals surface area (Å²) in [5.41, 5.74) is 0.757. The van der Waals surface area contributed by atoms with Crippen molar-refractivity contribution in [2.45, 2.75) is 6.42 Å². The van der Waals surface area contributed by atoms with Crippen molar-refractivity contribution in [2.24, 2.45) is 0 Å². The van der Waals surface area contributed by atoms with Gasteiger partial charge in [0, 0.05) is 30.6 Å². The lowest BCUT2D eigenvalue weighted by Gasteiger charge is -1.98. The van der Waals surface area contributed by atoms with E-state index in [9.17, 15) is 4.79 Å². The topological polar surface area (TPSA) is 58.6 Å². The molecule has 2 rings (SSSR count). The summed E-state index contributed by atoms with van der Waals surface area (Å²) in [6, 6.07) is 7.04. The van der Waals surface area contributed by atoms with E-state index in [-0.39, 0.29) is 42.8 Å². The van der Waals surface area contributed by atoms with Gasteiger partial charge in [-0.1, -0.05) is 6.07 Å². The normalized spacial score (nSPS) is 8.24. The molecule has 0 spiro atoms. The molecule has 2 aromatic rings. The second-order valence-corrected chi connectivity index (χ2v) is 2.88. The number of aromatic amines is 1. The molecular formula is C10H12Cl3N3O. The van der Waals surface area contributed by atoms with Crippen LogP contribution in [0.4, 0.5) is 0 Å². The average Bonchev–Trinajstić information content (AvgIpc) is 2.19. The van der Waals surface area contributed by atoms with Gasteiger partial charge in [0.05, 0.1) is 0 Å². The molecule has 0 aromatic carbocycles. The number of hydrogen-bond acceptors (Lipinski definition) is 3. The molecule has 17 heavy (non-hydrogen) atoms. The minimum Gasteiger partial charge on any atom is -0.310 e. The van der Waals surface area contributed by atoms with Gasteiger partial charge in [0.2, 0.25) is 0 Å². The average molecular weight is 297 g/mol. The Morgan fingerprint density at radius 1 is 1.00 bits per heavy atom. The van der Waals surface area contributed by atoms with Crippen molar-refractivity contribution in [2.75, 3.05) is 0 Å². The van der Waals surface area contributed by atoms with E-state index in [1.165, 1.54) is 12.3 Å². The third-order valence-corrected chi connectivity index (χ3v) is 1.80. The fourth-order valence-electron chi connectivity index (χ4n) is 1.18. The molecule has 2 aromatic heterocycles. The molecule has 7 heteroatoms. The first kappa shape index (κ1) is 18.3. The van der Waals surface area contributed by atoms with E-state index >= 15 is 0 Å². The van der Waals surface area contributed by atoms with E-state index in [0.717, 1.165) is 5.69 Å². The Morgan fingerprint density at radius 3 is 2.35 bits per heavy atom. The Labute approximate surface area is 117 Å². The zero-order valence-electron chi connectivity index (χ0n) is 8.70. The van der Waals surface area contributed by atoms with Crippen LogP contribution < -0.4 is 5.56 Å². The smallest absolute Gasteiger partial charge is 0.250 e. The van der Waals surface area contributed by atoms with Crippen LogP contribution in [0.3, 0.4) is 0 Å². The van der Waals surface area contributed by atoms with E-state index in [1.807, 2.05) is 18.2 Å². The summed E-state index contributed by atoms with van der Waals surface area (Å²) in [7, 11) is 0. The molecule has 4 nitrogen and oxygen atoms in total. The highest BCUT2D eigenvalue weighted by molar-refractivity contribution is 5.86. The summed E-state index contributed by atoms with van der Waals surface area (Å²) in [6.07, 6.45) is 3.77. The van der Waals surface area contributed by atoms with E-state index in [1.54, 1.807) is 6.20 Å². The molecule has 0 radical (unpaired) electrons. The Morgan fingerprint density at radius 2 is 1.76 bits per heavy atom. The molecule has 2 heterocycles. The van der Waals surface area contributed by atoms with E-state index in [0.29, 0.717) is 12.2 Å². The predicted octanol–water partition coefficient (Wildman–Crippen LogP) is 2.02. The minimum absolute atomic E-state index is 0. The third-order valence-electron chi connectivity index (χ3n) is 1.80. The fraction of sp³-hybridized carbons (Fsp3) is 0.100. The molecule has 0 aliphatic carbocycles. The maximum absolute atomic E-state index is 11.0. The van der Waals surface area contributed by atoms with Crippen molar-refractivity contribution in [3.63, 3.8) is 0 Å². The van der Waals surface area contributed by atoms with Crippen molar-refractivity contribution in [3.8, 4) is 0 Å². The molecule has 1 N–H and O–H groups in total. The van der Waals surface area contributed by atoms with Gasteiger partial charge < -0.3 is 4.98 Å². The molecule has 0 bridgehead atoms. The van der Waals surface area contributed by atoms with Gasteiger partial charge in [-0.15, -0.1) is 37.2 Å². The second-order valence-electron chi connectivity index (χ2n) is 2.88. The Hall–Kier alpha value is -1.10. The van der Waals surface area contributed by atoms with Crippen LogP contribution in [0.5, 0.6) is 0 Å². The van der Waals surface area contributed by atoms with Crippen LogP contribution in [0.25, 0.3) is 0 Å². The van der Waals surface area contributed by atoms with Crippen LogP contribution in [0, 0.1) is 0 Å². The summed E-state index contributed by atoms with van der Waals surface area (Å²) in [5, 5.41) is 0. The number of hydrogen-bond donors (Lipinski definition) is 1. The Kier molecular flexibility index (Phi) is 9.66. The molecule has 0 amide bonds. The summed E-state index contributed by atoms with van der Waals surface area (Å²) in [5.74, 6) is 0.635. The molecule has 0 fully saturated rings. The lowest BCUT2D eigenvalue weighted by Crippen LogP contribution is -2.09. The van der Waals surface area contributed by atoms with Gasteiger partial charge in [0.15, 0.2) is 0 Å². The van der Waals surface area contributed by atoms with Crippen molar-refractivity contribution in [1.82, 2.24) is 15.0 Å². The Balaban J connectivity index is 0. The SMILES string of the molecule is Cl.Cl.Cl.O=c1ccnc(Cc2ccccn2)[nH]1. The van der Waals surface area contributed by atoms with Crippen molar-refractivity contribution < 1.29 is 0 Å². The molecule has 0 unspecified atom stereocenters. The first-order chi connectivity index (χ1) is 6.84. The first-order valence-electron chi connectivity index (χ1n) is 4.29. The van der Waals surface area contributed by atoms with Gasteiger partial charge in [0.25, 0.3) is 5.56 Å². The van der Waals surface area contributed by atoms with Gasteiger partial charge >= 0.3 is 0 Å². The van der Waals surface area contributed by atoms with Gasteiger partial charge in [-0.05, 0) is 12.1 Å². The fourth-order valence-corrected chi connectivity index (χ4v) is 1.18. The zero-order chi connectivity index (χ0) is 9.80. The quantitative estimate of drug-likeness (QED) is 0.922. The summed E-state index contributed by atoms with van der Waals surface area (Å²) in [6.45, 7) is 0. The first-order valence-corrected chi connectivity index (χ1v) is 4.29. The largest absolute Gasteiger partial charge is 0.310 e. The van der Waals surface area contributed by atoms with Crippen molar-refractivity contribution >= 4 is 37.2 Å². The highest BCUT2D eigenvalue weighted by Crippen LogP contribution is 1.98. The lowest BCUT2D eigenvalue weighted by molar-refractivity contribution is 0.918. The van der Waals surface area contributed by atoms with Crippen LogP contribution in [-0.4, -0.2) is 15.0 Å². The molecule has 94 valence electrons. The minimum atomic E-state index is -0.133. The highest BCUT2D eigenvalue weighted by Gasteiger charge is 1.97. The van der Waals surface area contributed by atoms with Gasteiger partial charge in [-0.2, -0.15) is 0 Å². The monoisotopic (exact) mass is 295 g/mol. The van der Waals surface area contributed by atoms with Crippen LogP contribution in [0.2, 0.25) is 0 Å². The molecule has 0 saturated heterocycles. The number of H-pyrrole nitrogens is 1. The summed E-state index contributed by atoms with van der Waals surface area (Å²) < 4.78 is 0. The standard InChI is InChI=1S/C10H9N3O.3ClH/c14-10-4-6-12-9(13-10)7-8-3-1-2-5-11-8;;;/h1-6H,7H2,(H,12,13,14);3*1H. The van der Waals surface area contributed by atoms with Crippen LogP contribution in [0.15, 0.2) is 41.5 Å². The maximum atomic E-state index is 11.0. The lowest BCUT2D eigenvalue weighted by atomic mass is 10.2. The van der Waals surface area contributed by atoms with Crippen molar-refractivity contribution in [1.29, 1.82) is 0 Å². The molecular weight excluding hydrogens is 284 g/mol. The number of nitrogens with one attached hydrogen (secondary N) is 1. The van der Waals surface area contributed by atoms with E-state index in [4.69, 9.17) is 0 Å². The number of halogens is 3. The number of rotatable bonds is 2. The van der Waals surface area contributed by atoms with Crippen LogP contribution in [0.1, 0.15) is 11.5 Å². The molecule has 0 atom stereocenters.